The second-order valence-electron chi connectivity index (χ2n) is 4.35. The molecule has 0 spiro atoms. The largest absolute Gasteiger partial charge is 0.507 e. The van der Waals surface area contributed by atoms with Crippen LogP contribution in [0.15, 0.2) is 23.7 Å². The maximum absolute atomic E-state index is 9.92. The highest BCUT2D eigenvalue weighted by Gasteiger charge is 2.10. The van der Waals surface area contributed by atoms with Crippen molar-refractivity contribution in [2.45, 2.75) is 13.5 Å². The Morgan fingerprint density at radius 2 is 2.12 bits per heavy atom. The number of aromatic hydroxyl groups is 1. The minimum absolute atomic E-state index is 0.293. The van der Waals surface area contributed by atoms with Crippen LogP contribution in [0.3, 0.4) is 0 Å². The third kappa shape index (κ3) is 2.65. The van der Waals surface area contributed by atoms with Crippen molar-refractivity contribution in [1.82, 2.24) is 9.88 Å². The van der Waals surface area contributed by atoms with Gasteiger partial charge in [0.25, 0.3) is 0 Å². The first-order valence-corrected chi connectivity index (χ1v) is 6.33. The van der Waals surface area contributed by atoms with Gasteiger partial charge in [-0.15, -0.1) is 11.3 Å². The fourth-order valence-electron chi connectivity index (χ4n) is 1.80. The van der Waals surface area contributed by atoms with Crippen LogP contribution in [0.2, 0.25) is 0 Å². The third-order valence-electron chi connectivity index (χ3n) is 2.56. The molecule has 0 aliphatic rings. The van der Waals surface area contributed by atoms with Crippen molar-refractivity contribution in [3.63, 3.8) is 0 Å². The number of aryl methyl sites for hydroxylation is 1. The smallest absolute Gasteiger partial charge is 0.125 e. The van der Waals surface area contributed by atoms with E-state index < -0.39 is 0 Å². The van der Waals surface area contributed by atoms with Crippen LogP contribution in [0, 0.1) is 6.92 Å². The van der Waals surface area contributed by atoms with Gasteiger partial charge in [0, 0.05) is 17.0 Å². The van der Waals surface area contributed by atoms with Crippen LogP contribution in [0.5, 0.6) is 5.75 Å². The fraction of sp³-hybridized carbons (Fsp3) is 0.308. The number of rotatable bonds is 3. The van der Waals surface area contributed by atoms with Crippen molar-refractivity contribution < 1.29 is 5.11 Å². The number of hydrogen-bond donors (Lipinski definition) is 1. The summed E-state index contributed by atoms with van der Waals surface area (Å²) in [6.07, 6.45) is 0. The maximum atomic E-state index is 9.92. The molecule has 0 amide bonds. The molecular formula is C13H16N2OS. The first-order chi connectivity index (χ1) is 8.08. The molecule has 0 unspecified atom stereocenters. The van der Waals surface area contributed by atoms with E-state index in [2.05, 4.69) is 9.88 Å². The molecule has 0 saturated heterocycles. The Bertz CT molecular complexity index is 520. The predicted octanol–water partition coefficient (Wildman–Crippen LogP) is 2.89. The van der Waals surface area contributed by atoms with Crippen molar-refractivity contribution >= 4 is 11.3 Å². The third-order valence-corrected chi connectivity index (χ3v) is 3.32. The van der Waals surface area contributed by atoms with Gasteiger partial charge >= 0.3 is 0 Å². The van der Waals surface area contributed by atoms with Gasteiger partial charge in [-0.1, -0.05) is 6.07 Å². The zero-order valence-corrected chi connectivity index (χ0v) is 11.1. The van der Waals surface area contributed by atoms with Crippen molar-refractivity contribution in [2.75, 3.05) is 14.1 Å². The molecule has 1 aromatic heterocycles. The van der Waals surface area contributed by atoms with Gasteiger partial charge in [0.1, 0.15) is 5.75 Å². The zero-order valence-electron chi connectivity index (χ0n) is 10.3. The Balaban J connectivity index is 2.43. The lowest BCUT2D eigenvalue weighted by Gasteiger charge is -2.11. The fourth-order valence-corrected chi connectivity index (χ4v) is 2.39. The van der Waals surface area contributed by atoms with Crippen LogP contribution in [-0.4, -0.2) is 29.1 Å². The Morgan fingerprint density at radius 1 is 1.35 bits per heavy atom. The first-order valence-electron chi connectivity index (χ1n) is 5.45. The Morgan fingerprint density at radius 3 is 2.71 bits per heavy atom. The highest BCUT2D eigenvalue weighted by Crippen LogP contribution is 2.32. The van der Waals surface area contributed by atoms with Crippen molar-refractivity contribution in [1.29, 1.82) is 0 Å². The number of phenols is 1. The first kappa shape index (κ1) is 12.1. The molecular weight excluding hydrogens is 232 g/mol. The summed E-state index contributed by atoms with van der Waals surface area (Å²) >= 11 is 1.60. The van der Waals surface area contributed by atoms with Gasteiger partial charge in [-0.05, 0) is 38.7 Å². The molecule has 0 atom stereocenters. The van der Waals surface area contributed by atoms with Crippen molar-refractivity contribution in [2.24, 2.45) is 0 Å². The summed E-state index contributed by atoms with van der Waals surface area (Å²) in [5.41, 5.74) is 4.69. The van der Waals surface area contributed by atoms with Crippen LogP contribution >= 0.6 is 11.3 Å². The SMILES string of the molecule is Cc1scnc1-c1cc(CN(C)C)ccc1O. The minimum atomic E-state index is 0.293. The zero-order chi connectivity index (χ0) is 12.4. The van der Waals surface area contributed by atoms with Crippen molar-refractivity contribution in [3.8, 4) is 17.0 Å². The highest BCUT2D eigenvalue weighted by atomic mass is 32.1. The maximum Gasteiger partial charge on any atom is 0.125 e. The Kier molecular flexibility index (Phi) is 3.45. The summed E-state index contributed by atoms with van der Waals surface area (Å²) in [6.45, 7) is 2.88. The van der Waals surface area contributed by atoms with E-state index in [9.17, 15) is 5.11 Å². The molecule has 1 aromatic carbocycles. The number of nitrogens with zero attached hydrogens (tertiary/aromatic N) is 2. The van der Waals surface area contributed by atoms with Crippen LogP contribution in [0.1, 0.15) is 10.4 Å². The molecule has 1 N–H and O–H groups in total. The Hall–Kier alpha value is -1.39. The quantitative estimate of drug-likeness (QED) is 0.907. The van der Waals surface area contributed by atoms with Gasteiger partial charge in [-0.2, -0.15) is 0 Å². The molecule has 4 heteroatoms. The molecule has 17 heavy (non-hydrogen) atoms. The number of thiazole rings is 1. The summed E-state index contributed by atoms with van der Waals surface area (Å²) < 4.78 is 0. The van der Waals surface area contributed by atoms with Gasteiger partial charge in [0.15, 0.2) is 0 Å². The van der Waals surface area contributed by atoms with E-state index in [0.29, 0.717) is 5.75 Å². The summed E-state index contributed by atoms with van der Waals surface area (Å²) in [5, 5.41) is 9.92. The molecule has 0 saturated carbocycles. The van der Waals surface area contributed by atoms with E-state index >= 15 is 0 Å². The average Bonchev–Trinajstić information content (AvgIpc) is 2.67. The topological polar surface area (TPSA) is 36.4 Å². The molecule has 2 rings (SSSR count). The molecule has 0 bridgehead atoms. The summed E-state index contributed by atoms with van der Waals surface area (Å²) in [7, 11) is 4.06. The van der Waals surface area contributed by atoms with Crippen LogP contribution in [0.25, 0.3) is 11.3 Å². The molecule has 1 heterocycles. The van der Waals surface area contributed by atoms with Gasteiger partial charge in [0.2, 0.25) is 0 Å². The summed E-state index contributed by atoms with van der Waals surface area (Å²) in [6, 6.07) is 5.70. The molecule has 90 valence electrons. The molecule has 0 fully saturated rings. The monoisotopic (exact) mass is 248 g/mol. The van der Waals surface area contributed by atoms with E-state index in [4.69, 9.17) is 0 Å². The van der Waals surface area contributed by atoms with E-state index in [1.165, 1.54) is 5.56 Å². The van der Waals surface area contributed by atoms with E-state index in [-0.39, 0.29) is 0 Å². The minimum Gasteiger partial charge on any atom is -0.507 e. The lowest BCUT2D eigenvalue weighted by atomic mass is 10.1. The van der Waals surface area contributed by atoms with Crippen LogP contribution in [0.4, 0.5) is 0 Å². The van der Waals surface area contributed by atoms with E-state index in [1.54, 1.807) is 17.4 Å². The second-order valence-corrected chi connectivity index (χ2v) is 5.41. The number of phenolic OH excluding ortho intramolecular Hbond substituents is 1. The number of benzene rings is 1. The Labute approximate surface area is 105 Å². The van der Waals surface area contributed by atoms with E-state index in [1.807, 2.05) is 38.7 Å². The molecule has 3 nitrogen and oxygen atoms in total. The standard InChI is InChI=1S/C13H16N2OS/c1-9-13(14-8-17-9)11-6-10(7-15(2)3)4-5-12(11)16/h4-6,8,16H,7H2,1-3H3. The second kappa shape index (κ2) is 4.85. The van der Waals surface area contributed by atoms with E-state index in [0.717, 1.165) is 22.7 Å². The van der Waals surface area contributed by atoms with Gasteiger partial charge in [-0.3, -0.25) is 0 Å². The van der Waals surface area contributed by atoms with Crippen molar-refractivity contribution in [3.05, 3.63) is 34.2 Å². The highest BCUT2D eigenvalue weighted by molar-refractivity contribution is 7.10. The molecule has 0 radical (unpaired) electrons. The van der Waals surface area contributed by atoms with Gasteiger partial charge < -0.3 is 10.0 Å². The lowest BCUT2D eigenvalue weighted by Crippen LogP contribution is -2.10. The lowest BCUT2D eigenvalue weighted by molar-refractivity contribution is 0.402. The molecule has 0 aliphatic heterocycles. The average molecular weight is 248 g/mol. The molecule has 2 aromatic rings. The van der Waals surface area contributed by atoms with Gasteiger partial charge in [-0.25, -0.2) is 4.98 Å². The van der Waals surface area contributed by atoms with Crippen LogP contribution < -0.4 is 0 Å². The summed E-state index contributed by atoms with van der Waals surface area (Å²) in [4.78, 5) is 7.54. The molecule has 0 aliphatic carbocycles. The van der Waals surface area contributed by atoms with Crippen LogP contribution in [-0.2, 0) is 6.54 Å². The summed E-state index contributed by atoms with van der Waals surface area (Å²) in [5.74, 6) is 0.293. The number of aromatic nitrogens is 1. The normalized spacial score (nSPS) is 11.1. The number of hydrogen-bond acceptors (Lipinski definition) is 4. The predicted molar refractivity (Wildman–Crippen MR) is 71.3 cm³/mol. The van der Waals surface area contributed by atoms with Gasteiger partial charge in [0.05, 0.1) is 11.2 Å².